The van der Waals surface area contributed by atoms with Gasteiger partial charge in [-0.3, -0.25) is 0 Å². The van der Waals surface area contributed by atoms with Gasteiger partial charge in [0.2, 0.25) is 0 Å². The Morgan fingerprint density at radius 1 is 0.850 bits per heavy atom. The molecule has 1 heterocycles. The summed E-state index contributed by atoms with van der Waals surface area (Å²) in [5.41, 5.74) is 3.28. The van der Waals surface area contributed by atoms with Crippen LogP contribution < -0.4 is 0 Å². The van der Waals surface area contributed by atoms with Crippen LogP contribution in [0.15, 0.2) is 54.6 Å². The molecule has 0 spiro atoms. The molecule has 0 radical (unpaired) electrons. The monoisotopic (exact) mass is 260 g/mol. The normalized spacial score (nSPS) is 14.6. The van der Waals surface area contributed by atoms with E-state index in [0.29, 0.717) is 0 Å². The molecule has 1 aromatic heterocycles. The average molecular weight is 260 g/mol. The van der Waals surface area contributed by atoms with Crippen molar-refractivity contribution in [2.45, 2.75) is 19.3 Å². The number of hydrogen-bond donors (Lipinski definition) is 0. The van der Waals surface area contributed by atoms with E-state index in [1.54, 1.807) is 0 Å². The van der Waals surface area contributed by atoms with Crippen LogP contribution in [0, 0.1) is 5.92 Å². The molecule has 0 N–H and O–H groups in total. The first-order valence-electron chi connectivity index (χ1n) is 7.21. The number of fused-ring (bicyclic) bond motifs is 1. The topological polar surface area (TPSA) is 25.8 Å². The summed E-state index contributed by atoms with van der Waals surface area (Å²) in [5.74, 6) is 1.80. The molecule has 98 valence electrons. The molecule has 2 heteroatoms. The van der Waals surface area contributed by atoms with Gasteiger partial charge in [0.15, 0.2) is 0 Å². The molecule has 0 unspecified atom stereocenters. The molecule has 0 saturated heterocycles. The van der Waals surface area contributed by atoms with Crippen LogP contribution in [0.3, 0.4) is 0 Å². The minimum absolute atomic E-state index is 0.805. The van der Waals surface area contributed by atoms with Crippen LogP contribution in [0.25, 0.3) is 22.2 Å². The van der Waals surface area contributed by atoms with E-state index in [-0.39, 0.29) is 0 Å². The number of aromatic nitrogens is 2. The molecule has 0 atom stereocenters. The highest BCUT2D eigenvalue weighted by Gasteiger charge is 2.23. The second-order valence-corrected chi connectivity index (χ2v) is 5.52. The van der Waals surface area contributed by atoms with Crippen molar-refractivity contribution in [1.82, 2.24) is 9.97 Å². The van der Waals surface area contributed by atoms with Gasteiger partial charge in [-0.05, 0) is 24.8 Å². The fraction of sp³-hybridized carbons (Fsp3) is 0.222. The lowest BCUT2D eigenvalue weighted by Crippen LogP contribution is -2.00. The Morgan fingerprint density at radius 2 is 1.60 bits per heavy atom. The maximum Gasteiger partial charge on any atom is 0.130 e. The van der Waals surface area contributed by atoms with Crippen LogP contribution in [-0.2, 0) is 6.42 Å². The van der Waals surface area contributed by atoms with Crippen LogP contribution in [0.2, 0.25) is 0 Å². The van der Waals surface area contributed by atoms with Crippen LogP contribution in [0.5, 0.6) is 0 Å². The molecule has 1 fully saturated rings. The lowest BCUT2D eigenvalue weighted by atomic mass is 10.1. The van der Waals surface area contributed by atoms with E-state index in [2.05, 4.69) is 42.5 Å². The van der Waals surface area contributed by atoms with Crippen LogP contribution in [-0.4, -0.2) is 9.97 Å². The highest BCUT2D eigenvalue weighted by atomic mass is 14.9. The molecule has 0 aliphatic heterocycles. The van der Waals surface area contributed by atoms with E-state index in [4.69, 9.17) is 9.97 Å². The zero-order valence-corrected chi connectivity index (χ0v) is 11.3. The maximum absolute atomic E-state index is 4.84. The van der Waals surface area contributed by atoms with Gasteiger partial charge in [0.1, 0.15) is 5.82 Å². The average Bonchev–Trinajstić information content (AvgIpc) is 3.31. The van der Waals surface area contributed by atoms with Crippen LogP contribution in [0.1, 0.15) is 18.7 Å². The Morgan fingerprint density at radius 3 is 2.40 bits per heavy atom. The van der Waals surface area contributed by atoms with Crippen molar-refractivity contribution in [2.24, 2.45) is 5.92 Å². The summed E-state index contributed by atoms with van der Waals surface area (Å²) in [6.07, 6.45) is 3.68. The van der Waals surface area contributed by atoms with Gasteiger partial charge in [-0.25, -0.2) is 9.97 Å². The quantitative estimate of drug-likeness (QED) is 0.703. The van der Waals surface area contributed by atoms with Crippen molar-refractivity contribution in [2.75, 3.05) is 0 Å². The predicted molar refractivity (Wildman–Crippen MR) is 81.4 cm³/mol. The number of rotatable bonds is 3. The summed E-state index contributed by atoms with van der Waals surface area (Å²) in [5, 5.41) is 1.14. The fourth-order valence-corrected chi connectivity index (χ4v) is 2.61. The van der Waals surface area contributed by atoms with Crippen LogP contribution in [0.4, 0.5) is 0 Å². The summed E-state index contributed by atoms with van der Waals surface area (Å²) >= 11 is 0. The summed E-state index contributed by atoms with van der Waals surface area (Å²) in [7, 11) is 0. The van der Waals surface area contributed by atoms with E-state index in [0.717, 1.165) is 34.8 Å². The van der Waals surface area contributed by atoms with Gasteiger partial charge in [0, 0.05) is 17.4 Å². The van der Waals surface area contributed by atoms with Crippen molar-refractivity contribution in [3.8, 4) is 11.3 Å². The zero-order valence-electron chi connectivity index (χ0n) is 11.3. The second-order valence-electron chi connectivity index (χ2n) is 5.52. The molecule has 1 saturated carbocycles. The van der Waals surface area contributed by atoms with Crippen molar-refractivity contribution >= 4 is 10.9 Å². The summed E-state index contributed by atoms with van der Waals surface area (Å²) < 4.78 is 0. The number of benzene rings is 2. The van der Waals surface area contributed by atoms with Gasteiger partial charge >= 0.3 is 0 Å². The molecule has 4 rings (SSSR count). The summed E-state index contributed by atoms with van der Waals surface area (Å²) in [6.45, 7) is 0. The van der Waals surface area contributed by atoms with E-state index in [9.17, 15) is 0 Å². The number of hydrogen-bond acceptors (Lipinski definition) is 2. The SMILES string of the molecule is c1ccc(-c2nc(CC3CC3)nc3ccccc23)cc1. The third kappa shape index (κ3) is 2.18. The van der Waals surface area contributed by atoms with E-state index < -0.39 is 0 Å². The number of para-hydroxylation sites is 1. The van der Waals surface area contributed by atoms with Crippen molar-refractivity contribution in [1.29, 1.82) is 0 Å². The lowest BCUT2D eigenvalue weighted by molar-refractivity contribution is 0.777. The van der Waals surface area contributed by atoms with Gasteiger partial charge in [0.25, 0.3) is 0 Å². The van der Waals surface area contributed by atoms with E-state index in [1.807, 2.05) is 12.1 Å². The minimum Gasteiger partial charge on any atom is -0.233 e. The summed E-state index contributed by atoms with van der Waals surface area (Å²) in [6, 6.07) is 18.7. The maximum atomic E-state index is 4.84. The second kappa shape index (κ2) is 4.71. The first kappa shape index (κ1) is 11.6. The third-order valence-corrected chi connectivity index (χ3v) is 3.86. The molecule has 1 aliphatic carbocycles. The van der Waals surface area contributed by atoms with Gasteiger partial charge in [-0.2, -0.15) is 0 Å². The molecular weight excluding hydrogens is 244 g/mol. The number of nitrogens with zero attached hydrogens (tertiary/aromatic N) is 2. The highest BCUT2D eigenvalue weighted by molar-refractivity contribution is 5.92. The van der Waals surface area contributed by atoms with Crippen molar-refractivity contribution in [3.05, 3.63) is 60.4 Å². The Bertz CT molecular complexity index is 746. The zero-order chi connectivity index (χ0) is 13.4. The Hall–Kier alpha value is -2.22. The van der Waals surface area contributed by atoms with Crippen molar-refractivity contribution in [3.63, 3.8) is 0 Å². The van der Waals surface area contributed by atoms with Gasteiger partial charge in [-0.15, -0.1) is 0 Å². The van der Waals surface area contributed by atoms with E-state index in [1.165, 1.54) is 18.4 Å². The van der Waals surface area contributed by atoms with Crippen LogP contribution >= 0.6 is 0 Å². The van der Waals surface area contributed by atoms with E-state index >= 15 is 0 Å². The Kier molecular flexibility index (Phi) is 2.73. The molecular formula is C18H16N2. The van der Waals surface area contributed by atoms with Gasteiger partial charge in [-0.1, -0.05) is 48.5 Å². The molecule has 20 heavy (non-hydrogen) atoms. The predicted octanol–water partition coefficient (Wildman–Crippen LogP) is 4.25. The largest absolute Gasteiger partial charge is 0.233 e. The molecule has 3 aromatic rings. The molecule has 0 amide bonds. The first-order chi connectivity index (χ1) is 9.90. The fourth-order valence-electron chi connectivity index (χ4n) is 2.61. The van der Waals surface area contributed by atoms with Gasteiger partial charge < -0.3 is 0 Å². The summed E-state index contributed by atoms with van der Waals surface area (Å²) in [4.78, 5) is 9.57. The molecule has 0 bridgehead atoms. The Balaban J connectivity index is 1.91. The molecule has 1 aliphatic rings. The Labute approximate surface area is 118 Å². The minimum atomic E-state index is 0.805. The molecule has 2 nitrogen and oxygen atoms in total. The third-order valence-electron chi connectivity index (χ3n) is 3.86. The lowest BCUT2D eigenvalue weighted by Gasteiger charge is -2.08. The standard InChI is InChI=1S/C18H16N2/c1-2-6-14(7-3-1)18-15-8-4-5-9-16(15)19-17(20-18)12-13-10-11-13/h1-9,13H,10-12H2. The first-order valence-corrected chi connectivity index (χ1v) is 7.21. The van der Waals surface area contributed by atoms with Crippen molar-refractivity contribution < 1.29 is 0 Å². The molecule has 2 aromatic carbocycles. The van der Waals surface area contributed by atoms with Gasteiger partial charge in [0.05, 0.1) is 11.2 Å². The highest BCUT2D eigenvalue weighted by Crippen LogP contribution is 2.33. The smallest absolute Gasteiger partial charge is 0.130 e.